The van der Waals surface area contributed by atoms with Gasteiger partial charge in [-0.3, -0.25) is 4.79 Å². The summed E-state index contributed by atoms with van der Waals surface area (Å²) in [6, 6.07) is 0. The molecule has 0 unspecified atom stereocenters. The van der Waals surface area contributed by atoms with Gasteiger partial charge in [0.15, 0.2) is 0 Å². The highest BCUT2D eigenvalue weighted by molar-refractivity contribution is 5.80. The van der Waals surface area contributed by atoms with Crippen molar-refractivity contribution in [3.05, 3.63) is 0 Å². The summed E-state index contributed by atoms with van der Waals surface area (Å²) in [5, 5.41) is 13.2. The van der Waals surface area contributed by atoms with Gasteiger partial charge in [-0.05, 0) is 18.8 Å². The van der Waals surface area contributed by atoms with E-state index < -0.39 is 0 Å². The minimum atomic E-state index is -0.181. The maximum Gasteiger partial charge on any atom is 0.228 e. The van der Waals surface area contributed by atoms with Gasteiger partial charge in [-0.15, -0.1) is 0 Å². The first-order valence-electron chi connectivity index (χ1n) is 6.91. The smallest absolute Gasteiger partial charge is 0.228 e. The third-order valence-corrected chi connectivity index (χ3v) is 4.47. The summed E-state index contributed by atoms with van der Waals surface area (Å²) in [4.78, 5) is 14.1. The lowest BCUT2D eigenvalue weighted by atomic mass is 9.88. The third kappa shape index (κ3) is 2.47. The Labute approximate surface area is 102 Å². The lowest BCUT2D eigenvalue weighted by molar-refractivity contribution is -0.141. The molecule has 0 radical (unpaired) electrons. The predicted molar refractivity (Wildman–Crippen MR) is 64.4 cm³/mol. The number of piperidine rings is 1. The van der Waals surface area contributed by atoms with Gasteiger partial charge in [-0.1, -0.05) is 12.8 Å². The van der Waals surface area contributed by atoms with Crippen molar-refractivity contribution in [1.29, 1.82) is 0 Å². The molecule has 4 heteroatoms. The second-order valence-corrected chi connectivity index (χ2v) is 5.93. The first-order valence-corrected chi connectivity index (χ1v) is 6.91. The molecule has 17 heavy (non-hydrogen) atoms. The number of carbonyl (C=O) groups is 1. The SMILES string of the molecule is O=C(C1CNC1)N1CC[C@H](O)[C@H](CC2CC2)C1. The summed E-state index contributed by atoms with van der Waals surface area (Å²) >= 11 is 0. The molecule has 2 atom stereocenters. The van der Waals surface area contributed by atoms with Gasteiger partial charge in [-0.25, -0.2) is 0 Å². The number of aliphatic hydroxyl groups is 1. The van der Waals surface area contributed by atoms with E-state index in [1.165, 1.54) is 12.8 Å². The molecule has 2 saturated heterocycles. The van der Waals surface area contributed by atoms with Gasteiger partial charge >= 0.3 is 0 Å². The van der Waals surface area contributed by atoms with E-state index in [4.69, 9.17) is 0 Å². The Balaban J connectivity index is 1.56. The average molecular weight is 238 g/mol. The summed E-state index contributed by atoms with van der Waals surface area (Å²) in [7, 11) is 0. The van der Waals surface area contributed by atoms with E-state index in [1.54, 1.807) is 0 Å². The number of aliphatic hydroxyl groups excluding tert-OH is 1. The quantitative estimate of drug-likeness (QED) is 0.739. The highest BCUT2D eigenvalue weighted by Gasteiger charge is 2.37. The molecule has 3 aliphatic rings. The number of hydrogen-bond donors (Lipinski definition) is 2. The van der Waals surface area contributed by atoms with Gasteiger partial charge in [0.25, 0.3) is 0 Å². The van der Waals surface area contributed by atoms with Crippen LogP contribution in [0.25, 0.3) is 0 Å². The van der Waals surface area contributed by atoms with Gasteiger partial charge in [0.05, 0.1) is 12.0 Å². The van der Waals surface area contributed by atoms with Crippen LogP contribution in [0, 0.1) is 17.8 Å². The number of carbonyl (C=O) groups excluding carboxylic acids is 1. The number of nitrogens with zero attached hydrogens (tertiary/aromatic N) is 1. The molecule has 1 amide bonds. The summed E-state index contributed by atoms with van der Waals surface area (Å²) < 4.78 is 0. The highest BCUT2D eigenvalue weighted by Crippen LogP contribution is 2.38. The molecule has 0 aromatic carbocycles. The fourth-order valence-electron chi connectivity index (χ4n) is 2.95. The van der Waals surface area contributed by atoms with Crippen molar-refractivity contribution in [2.45, 2.75) is 31.8 Å². The van der Waals surface area contributed by atoms with Crippen LogP contribution >= 0.6 is 0 Å². The van der Waals surface area contributed by atoms with Gasteiger partial charge in [0.2, 0.25) is 5.91 Å². The van der Waals surface area contributed by atoms with Crippen LogP contribution in [0.3, 0.4) is 0 Å². The Morgan fingerprint density at radius 3 is 2.65 bits per heavy atom. The maximum atomic E-state index is 12.1. The summed E-state index contributed by atoms with van der Waals surface area (Å²) in [6.45, 7) is 3.21. The fourth-order valence-corrected chi connectivity index (χ4v) is 2.95. The van der Waals surface area contributed by atoms with Crippen LogP contribution < -0.4 is 5.32 Å². The van der Waals surface area contributed by atoms with Crippen molar-refractivity contribution in [3.63, 3.8) is 0 Å². The van der Waals surface area contributed by atoms with Gasteiger partial charge in [0.1, 0.15) is 0 Å². The molecule has 1 saturated carbocycles. The zero-order valence-corrected chi connectivity index (χ0v) is 10.3. The van der Waals surface area contributed by atoms with Crippen LogP contribution in [-0.2, 0) is 4.79 Å². The molecule has 2 heterocycles. The Morgan fingerprint density at radius 1 is 1.29 bits per heavy atom. The van der Waals surface area contributed by atoms with Crippen molar-refractivity contribution in [2.75, 3.05) is 26.2 Å². The molecule has 1 aliphatic carbocycles. The standard InChI is InChI=1S/C13H22N2O2/c16-12-3-4-15(13(17)11-6-14-7-11)8-10(12)5-9-1-2-9/h9-12,14,16H,1-8H2/t10-,12+/m1/s1. The molecule has 0 spiro atoms. The van der Waals surface area contributed by atoms with Crippen molar-refractivity contribution in [3.8, 4) is 0 Å². The second kappa shape index (κ2) is 4.58. The number of amides is 1. The van der Waals surface area contributed by atoms with E-state index in [-0.39, 0.29) is 12.0 Å². The molecular formula is C13H22N2O2. The Bertz CT molecular complexity index is 300. The summed E-state index contributed by atoms with van der Waals surface area (Å²) in [5.41, 5.74) is 0. The highest BCUT2D eigenvalue weighted by atomic mass is 16.3. The first kappa shape index (κ1) is 11.5. The van der Waals surface area contributed by atoms with Crippen LogP contribution in [-0.4, -0.2) is 48.2 Å². The van der Waals surface area contributed by atoms with Crippen LogP contribution in [0.1, 0.15) is 25.7 Å². The molecule has 0 aromatic heterocycles. The Kier molecular flexibility index (Phi) is 3.09. The molecular weight excluding hydrogens is 216 g/mol. The Hall–Kier alpha value is -0.610. The van der Waals surface area contributed by atoms with Crippen LogP contribution in [0.15, 0.2) is 0 Å². The summed E-state index contributed by atoms with van der Waals surface area (Å²) in [5.74, 6) is 1.66. The van der Waals surface area contributed by atoms with Crippen molar-refractivity contribution < 1.29 is 9.90 Å². The second-order valence-electron chi connectivity index (χ2n) is 5.93. The minimum absolute atomic E-state index is 0.181. The predicted octanol–water partition coefficient (Wildman–Crippen LogP) is 0.215. The number of nitrogens with one attached hydrogen (secondary N) is 1. The first-order chi connectivity index (χ1) is 8.24. The molecule has 2 aliphatic heterocycles. The normalized spacial score (nSPS) is 34.5. The van der Waals surface area contributed by atoms with Gasteiger partial charge in [0, 0.05) is 32.1 Å². The maximum absolute atomic E-state index is 12.1. The lowest BCUT2D eigenvalue weighted by Gasteiger charge is -2.39. The van der Waals surface area contributed by atoms with Gasteiger partial charge in [-0.2, -0.15) is 0 Å². The van der Waals surface area contributed by atoms with E-state index in [2.05, 4.69) is 5.32 Å². The Morgan fingerprint density at radius 2 is 2.06 bits per heavy atom. The molecule has 3 fully saturated rings. The van der Waals surface area contributed by atoms with E-state index in [9.17, 15) is 9.90 Å². The third-order valence-electron chi connectivity index (χ3n) is 4.47. The molecule has 0 aromatic rings. The van der Waals surface area contributed by atoms with Crippen LogP contribution in [0.2, 0.25) is 0 Å². The number of rotatable bonds is 3. The molecule has 96 valence electrons. The van der Waals surface area contributed by atoms with Crippen molar-refractivity contribution >= 4 is 5.91 Å². The van der Waals surface area contributed by atoms with Crippen LogP contribution in [0.4, 0.5) is 0 Å². The lowest BCUT2D eigenvalue weighted by Crippen LogP contribution is -2.55. The zero-order chi connectivity index (χ0) is 11.8. The number of hydrogen-bond acceptors (Lipinski definition) is 3. The minimum Gasteiger partial charge on any atom is -0.393 e. The van der Waals surface area contributed by atoms with Crippen LogP contribution in [0.5, 0.6) is 0 Å². The number of likely N-dealkylation sites (tertiary alicyclic amines) is 1. The van der Waals surface area contributed by atoms with E-state index >= 15 is 0 Å². The largest absolute Gasteiger partial charge is 0.393 e. The average Bonchev–Trinajstić information content (AvgIpc) is 3.02. The van der Waals surface area contributed by atoms with Crippen molar-refractivity contribution in [1.82, 2.24) is 10.2 Å². The topological polar surface area (TPSA) is 52.6 Å². The van der Waals surface area contributed by atoms with E-state index in [1.807, 2.05) is 4.90 Å². The van der Waals surface area contributed by atoms with E-state index in [0.29, 0.717) is 11.8 Å². The fraction of sp³-hybridized carbons (Fsp3) is 0.923. The molecule has 2 N–H and O–H groups in total. The molecule has 4 nitrogen and oxygen atoms in total. The summed E-state index contributed by atoms with van der Waals surface area (Å²) in [6.07, 6.45) is 4.35. The monoisotopic (exact) mass is 238 g/mol. The van der Waals surface area contributed by atoms with Crippen molar-refractivity contribution in [2.24, 2.45) is 17.8 Å². The van der Waals surface area contributed by atoms with E-state index in [0.717, 1.165) is 44.9 Å². The molecule has 0 bridgehead atoms. The molecule has 3 rings (SSSR count). The van der Waals surface area contributed by atoms with Gasteiger partial charge < -0.3 is 15.3 Å². The zero-order valence-electron chi connectivity index (χ0n) is 10.3.